The lowest BCUT2D eigenvalue weighted by Gasteiger charge is -2.12. The number of aromatic carboxylic acids is 1. The zero-order valence-electron chi connectivity index (χ0n) is 13.9. The lowest BCUT2D eigenvalue weighted by molar-refractivity contribution is -0.195. The molecular weight excluding hydrogens is 371 g/mol. The molecule has 0 atom stereocenters. The number of benzene rings is 3. The summed E-state index contributed by atoms with van der Waals surface area (Å²) in [4.78, 5) is 16.4. The lowest BCUT2D eigenvalue weighted by atomic mass is 10.0. The van der Waals surface area contributed by atoms with Crippen LogP contribution in [0.25, 0.3) is 11.1 Å². The Balaban J connectivity index is 1.90. The summed E-state index contributed by atoms with van der Waals surface area (Å²) < 4.78 is 17.7. The summed E-state index contributed by atoms with van der Waals surface area (Å²) in [7, 11) is 0. The number of carboxylic acids is 1. The van der Waals surface area contributed by atoms with Gasteiger partial charge in [-0.3, -0.25) is 0 Å². The first-order chi connectivity index (χ1) is 13.1. The van der Waals surface area contributed by atoms with Crippen molar-refractivity contribution < 1.29 is 23.6 Å². The van der Waals surface area contributed by atoms with Crippen LogP contribution in [0.5, 0.6) is 0 Å². The van der Waals surface area contributed by atoms with Crippen molar-refractivity contribution in [2.75, 3.05) is 5.32 Å². The average Bonchev–Trinajstić information content (AvgIpc) is 2.68. The van der Waals surface area contributed by atoms with Gasteiger partial charge in [-0.25, -0.2) is 9.18 Å². The topological polar surface area (TPSA) is 93.8 Å². The van der Waals surface area contributed by atoms with E-state index < -0.39 is 5.97 Å². The maximum Gasteiger partial charge on any atom is 0.337 e. The predicted octanol–water partition coefficient (Wildman–Crippen LogP) is 4.76. The van der Waals surface area contributed by atoms with E-state index in [1.54, 1.807) is 24.3 Å². The van der Waals surface area contributed by atoms with Crippen molar-refractivity contribution in [1.82, 2.24) is 0 Å². The van der Waals surface area contributed by atoms with Crippen LogP contribution in [0.4, 0.5) is 15.8 Å². The fraction of sp³-hybridized carbons (Fsp3) is 0. The van der Waals surface area contributed by atoms with Gasteiger partial charge < -0.3 is 10.4 Å². The van der Waals surface area contributed by atoms with Gasteiger partial charge in [-0.15, -0.1) is 9.32 Å². The molecule has 0 bridgehead atoms. The molecule has 3 rings (SSSR count). The Morgan fingerprint density at radius 2 is 1.67 bits per heavy atom. The van der Waals surface area contributed by atoms with Crippen LogP contribution in [0.2, 0.25) is 0 Å². The Morgan fingerprint density at radius 1 is 1.00 bits per heavy atom. The summed E-state index contributed by atoms with van der Waals surface area (Å²) in [5.74, 6) is 3.38. The molecule has 3 aromatic rings. The maximum absolute atomic E-state index is 13.1. The van der Waals surface area contributed by atoms with Crippen molar-refractivity contribution in [3.8, 4) is 11.1 Å². The van der Waals surface area contributed by atoms with Crippen molar-refractivity contribution in [3.63, 3.8) is 0 Å². The summed E-state index contributed by atoms with van der Waals surface area (Å²) in [6.07, 6.45) is 0. The second-order valence-corrected chi connectivity index (χ2v) is 6.24. The van der Waals surface area contributed by atoms with Gasteiger partial charge in [0.25, 0.3) is 0 Å². The molecule has 0 saturated heterocycles. The number of anilines is 2. The highest BCUT2D eigenvalue weighted by atomic mass is 32.2. The standard InChI is InChI=1S/C19H15FN2O4S/c20-14-4-6-15(7-5-14)22-18-11-13(3-10-17(18)19(23)24)12-1-8-16(9-2-12)27-26-25-21/h1-11,22H,21H2,(H,23,24). The van der Waals surface area contributed by atoms with Crippen LogP contribution in [0.15, 0.2) is 71.6 Å². The minimum absolute atomic E-state index is 0.115. The number of nitrogens with one attached hydrogen (secondary N) is 1. The SMILES string of the molecule is NOOSc1ccc(-c2ccc(C(=O)O)c(Nc3ccc(F)cc3)c2)cc1. The molecule has 8 heteroatoms. The van der Waals surface area contributed by atoms with Gasteiger partial charge >= 0.3 is 5.97 Å². The highest BCUT2D eigenvalue weighted by Gasteiger charge is 2.12. The third kappa shape index (κ3) is 4.83. The summed E-state index contributed by atoms with van der Waals surface area (Å²) in [5.41, 5.74) is 2.81. The van der Waals surface area contributed by atoms with E-state index in [-0.39, 0.29) is 11.4 Å². The van der Waals surface area contributed by atoms with Crippen LogP contribution >= 0.6 is 12.0 Å². The van der Waals surface area contributed by atoms with Gasteiger partial charge in [-0.1, -0.05) is 18.2 Å². The van der Waals surface area contributed by atoms with Crippen LogP contribution in [0.3, 0.4) is 0 Å². The number of rotatable bonds is 7. The molecule has 27 heavy (non-hydrogen) atoms. The highest BCUT2D eigenvalue weighted by molar-refractivity contribution is 7.94. The number of nitrogens with two attached hydrogens (primary N) is 1. The second kappa shape index (κ2) is 8.65. The summed E-state index contributed by atoms with van der Waals surface area (Å²) >= 11 is 0.969. The van der Waals surface area contributed by atoms with E-state index in [1.165, 1.54) is 18.2 Å². The van der Waals surface area contributed by atoms with Gasteiger partial charge in [0, 0.05) is 10.6 Å². The number of halogens is 1. The number of hydrogen-bond donors (Lipinski definition) is 3. The van der Waals surface area contributed by atoms with Crippen LogP contribution < -0.4 is 11.2 Å². The first-order valence-electron chi connectivity index (χ1n) is 7.77. The summed E-state index contributed by atoms with van der Waals surface area (Å²) in [6, 6.07) is 18.0. The van der Waals surface area contributed by atoms with E-state index in [2.05, 4.69) is 14.6 Å². The number of hydrogen-bond acceptors (Lipinski definition) is 6. The van der Waals surface area contributed by atoms with E-state index in [4.69, 9.17) is 5.90 Å². The Labute approximate surface area is 158 Å². The van der Waals surface area contributed by atoms with Crippen LogP contribution in [-0.2, 0) is 9.32 Å². The van der Waals surface area contributed by atoms with Gasteiger partial charge in [-0.2, -0.15) is 5.90 Å². The zero-order chi connectivity index (χ0) is 19.2. The van der Waals surface area contributed by atoms with Gasteiger partial charge in [0.15, 0.2) is 0 Å². The molecule has 0 spiro atoms. The van der Waals surface area contributed by atoms with Crippen molar-refractivity contribution in [1.29, 1.82) is 0 Å². The molecule has 0 aliphatic rings. The minimum atomic E-state index is -1.06. The van der Waals surface area contributed by atoms with Gasteiger partial charge in [0.05, 0.1) is 23.3 Å². The smallest absolute Gasteiger partial charge is 0.337 e. The van der Waals surface area contributed by atoms with E-state index in [1.807, 2.05) is 24.3 Å². The van der Waals surface area contributed by atoms with E-state index in [9.17, 15) is 14.3 Å². The quantitative estimate of drug-likeness (QED) is 0.306. The molecule has 3 aromatic carbocycles. The molecular formula is C19H15FN2O4S. The van der Waals surface area contributed by atoms with E-state index in [0.29, 0.717) is 11.4 Å². The van der Waals surface area contributed by atoms with Crippen molar-refractivity contribution in [3.05, 3.63) is 78.1 Å². The molecule has 0 aromatic heterocycles. The van der Waals surface area contributed by atoms with Crippen LogP contribution in [-0.4, -0.2) is 11.1 Å². The molecule has 0 heterocycles. The van der Waals surface area contributed by atoms with E-state index in [0.717, 1.165) is 28.1 Å². The monoisotopic (exact) mass is 386 g/mol. The largest absolute Gasteiger partial charge is 0.478 e. The van der Waals surface area contributed by atoms with Crippen molar-refractivity contribution in [2.45, 2.75) is 4.90 Å². The van der Waals surface area contributed by atoms with Gasteiger partial charge in [0.1, 0.15) is 5.82 Å². The molecule has 0 aliphatic heterocycles. The predicted molar refractivity (Wildman–Crippen MR) is 101 cm³/mol. The minimum Gasteiger partial charge on any atom is -0.478 e. The van der Waals surface area contributed by atoms with Crippen LogP contribution in [0.1, 0.15) is 10.4 Å². The fourth-order valence-corrected chi connectivity index (χ4v) is 2.83. The van der Waals surface area contributed by atoms with E-state index >= 15 is 0 Å². The molecule has 4 N–H and O–H groups in total. The fourth-order valence-electron chi connectivity index (χ4n) is 2.46. The normalized spacial score (nSPS) is 10.6. The molecule has 0 fully saturated rings. The Hall–Kier alpha value is -2.91. The molecule has 0 saturated carbocycles. The van der Waals surface area contributed by atoms with Gasteiger partial charge in [-0.05, 0) is 59.7 Å². The summed E-state index contributed by atoms with van der Waals surface area (Å²) in [5, 5.41) is 12.5. The molecule has 0 unspecified atom stereocenters. The molecule has 0 aliphatic carbocycles. The highest BCUT2D eigenvalue weighted by Crippen LogP contribution is 2.30. The van der Waals surface area contributed by atoms with Crippen molar-refractivity contribution >= 4 is 29.4 Å². The Kier molecular flexibility index (Phi) is 6.05. The molecule has 0 amide bonds. The Morgan fingerprint density at radius 3 is 2.30 bits per heavy atom. The summed E-state index contributed by atoms with van der Waals surface area (Å²) in [6.45, 7) is 0. The number of carboxylic acid groups (broad SMARTS) is 1. The first-order valence-corrected chi connectivity index (χ1v) is 8.51. The third-order valence-corrected chi connectivity index (χ3v) is 4.34. The third-order valence-electron chi connectivity index (χ3n) is 3.73. The van der Waals surface area contributed by atoms with Crippen molar-refractivity contribution in [2.24, 2.45) is 5.90 Å². The molecule has 6 nitrogen and oxygen atoms in total. The van der Waals surface area contributed by atoms with Crippen LogP contribution in [0, 0.1) is 5.82 Å². The first kappa shape index (κ1) is 18.9. The van der Waals surface area contributed by atoms with Gasteiger partial charge in [0.2, 0.25) is 0 Å². The Bertz CT molecular complexity index is 933. The molecule has 138 valence electrons. The maximum atomic E-state index is 13.1. The lowest BCUT2D eigenvalue weighted by Crippen LogP contribution is -2.03. The average molecular weight is 386 g/mol. The molecule has 0 radical (unpaired) electrons. The zero-order valence-corrected chi connectivity index (χ0v) is 14.7. The number of carbonyl (C=O) groups is 1. The second-order valence-electron chi connectivity index (χ2n) is 5.47.